The first kappa shape index (κ1) is 26.9. The van der Waals surface area contributed by atoms with Crippen molar-refractivity contribution in [2.45, 2.75) is 58.0 Å². The average molecular weight is 628 g/mol. The fourth-order valence-corrected chi connectivity index (χ4v) is 6.67. The van der Waals surface area contributed by atoms with E-state index >= 15 is 0 Å². The monoisotopic (exact) mass is 627 g/mol. The normalized spacial score (nSPS) is 18.1. The van der Waals surface area contributed by atoms with Gasteiger partial charge in [0.05, 0.1) is 17.3 Å². The maximum absolute atomic E-state index is 13.5. The number of carbonyl (C=O) groups excluding carboxylic acids is 2. The number of Topliss-reactive ketones (excluding diaryl/α,β-unsaturated/α-hetero) is 2. The standard InChI is InChI=1S/C31H34INO5/c1-19-10-12-20(13-11-19)18-38-31-22(32)16-21(17-27(31)37-3)28-29-23(6-4-8-25(29)34)33(14-15-36-2)24-7-5-9-26(35)30(24)28/h10-13,16-17,28H,4-9,14-15,18H2,1-3H3. The van der Waals surface area contributed by atoms with E-state index in [-0.39, 0.29) is 17.5 Å². The highest BCUT2D eigenvalue weighted by Crippen LogP contribution is 2.50. The van der Waals surface area contributed by atoms with E-state index in [2.05, 4.69) is 64.7 Å². The Morgan fingerprint density at radius 1 is 0.921 bits per heavy atom. The van der Waals surface area contributed by atoms with Gasteiger partial charge >= 0.3 is 0 Å². The van der Waals surface area contributed by atoms with Crippen LogP contribution in [-0.2, 0) is 20.9 Å². The highest BCUT2D eigenvalue weighted by Gasteiger charge is 2.43. The zero-order chi connectivity index (χ0) is 26.8. The quantitative estimate of drug-likeness (QED) is 0.323. The first-order chi connectivity index (χ1) is 18.4. The van der Waals surface area contributed by atoms with Crippen LogP contribution < -0.4 is 9.47 Å². The lowest BCUT2D eigenvalue weighted by atomic mass is 9.71. The minimum atomic E-state index is -0.382. The van der Waals surface area contributed by atoms with Crippen molar-refractivity contribution < 1.29 is 23.8 Å². The Hall–Kier alpha value is -2.65. The van der Waals surface area contributed by atoms with E-state index in [1.54, 1.807) is 14.2 Å². The summed E-state index contributed by atoms with van der Waals surface area (Å²) < 4.78 is 18.3. The van der Waals surface area contributed by atoms with Crippen LogP contribution in [0.3, 0.4) is 0 Å². The molecule has 0 radical (unpaired) electrons. The summed E-state index contributed by atoms with van der Waals surface area (Å²) >= 11 is 2.27. The van der Waals surface area contributed by atoms with Crippen LogP contribution in [-0.4, -0.2) is 43.8 Å². The number of halogens is 1. The Kier molecular flexibility index (Phi) is 8.23. The molecule has 0 amide bonds. The van der Waals surface area contributed by atoms with Gasteiger partial charge in [0.2, 0.25) is 0 Å². The van der Waals surface area contributed by atoms with E-state index in [0.717, 1.165) is 62.9 Å². The third-order valence-electron chi connectivity index (χ3n) is 7.69. The molecule has 1 aliphatic heterocycles. The third-order valence-corrected chi connectivity index (χ3v) is 8.50. The minimum absolute atomic E-state index is 0.136. The molecule has 200 valence electrons. The molecule has 0 unspecified atom stereocenters. The van der Waals surface area contributed by atoms with Gasteiger partial charge in [0, 0.05) is 55.0 Å². The van der Waals surface area contributed by atoms with Crippen LogP contribution in [0.1, 0.15) is 61.1 Å². The largest absolute Gasteiger partial charge is 0.493 e. The molecule has 0 atom stereocenters. The summed E-state index contributed by atoms with van der Waals surface area (Å²) in [5.74, 6) is 1.17. The van der Waals surface area contributed by atoms with Gasteiger partial charge in [-0.05, 0) is 78.5 Å². The lowest BCUT2D eigenvalue weighted by Gasteiger charge is -2.44. The van der Waals surface area contributed by atoms with E-state index in [1.807, 2.05) is 6.07 Å². The van der Waals surface area contributed by atoms with Gasteiger partial charge in [-0.15, -0.1) is 0 Å². The minimum Gasteiger partial charge on any atom is -0.493 e. The molecule has 1 heterocycles. The molecule has 0 aromatic heterocycles. The third kappa shape index (κ3) is 5.15. The van der Waals surface area contributed by atoms with Gasteiger partial charge in [-0.25, -0.2) is 0 Å². The number of ether oxygens (including phenoxy) is 3. The molecule has 3 aliphatic rings. The second kappa shape index (κ2) is 11.6. The van der Waals surface area contributed by atoms with Crippen molar-refractivity contribution in [2.75, 3.05) is 27.4 Å². The van der Waals surface area contributed by atoms with Crippen molar-refractivity contribution in [1.82, 2.24) is 4.90 Å². The molecule has 0 spiro atoms. The molecule has 38 heavy (non-hydrogen) atoms. The Bertz CT molecular complexity index is 1270. The summed E-state index contributed by atoms with van der Waals surface area (Å²) in [6, 6.07) is 12.3. The maximum atomic E-state index is 13.5. The molecule has 5 rings (SSSR count). The van der Waals surface area contributed by atoms with Gasteiger partial charge < -0.3 is 19.1 Å². The fraction of sp³-hybridized carbons (Fsp3) is 0.419. The van der Waals surface area contributed by atoms with E-state index in [1.165, 1.54) is 5.56 Å². The number of ketones is 2. The number of aryl methyl sites for hydroxylation is 1. The number of rotatable bonds is 8. The van der Waals surface area contributed by atoms with Crippen LogP contribution in [0.5, 0.6) is 11.5 Å². The van der Waals surface area contributed by atoms with Crippen LogP contribution in [0, 0.1) is 10.5 Å². The van der Waals surface area contributed by atoms with Crippen LogP contribution in [0.15, 0.2) is 58.9 Å². The summed E-state index contributed by atoms with van der Waals surface area (Å²) in [5.41, 5.74) is 6.85. The predicted octanol–water partition coefficient (Wildman–Crippen LogP) is 6.25. The summed E-state index contributed by atoms with van der Waals surface area (Å²) in [4.78, 5) is 29.2. The molecule has 2 aromatic rings. The molecule has 7 heteroatoms. The molecule has 0 bridgehead atoms. The number of hydrogen-bond donors (Lipinski definition) is 0. The van der Waals surface area contributed by atoms with Gasteiger partial charge in [-0.2, -0.15) is 0 Å². The summed E-state index contributed by atoms with van der Waals surface area (Å²) in [6.45, 7) is 3.67. The van der Waals surface area contributed by atoms with Gasteiger partial charge in [0.15, 0.2) is 23.1 Å². The molecular formula is C31H34INO5. The molecule has 0 N–H and O–H groups in total. The van der Waals surface area contributed by atoms with Crippen molar-refractivity contribution in [1.29, 1.82) is 0 Å². The number of nitrogens with zero attached hydrogens (tertiary/aromatic N) is 1. The van der Waals surface area contributed by atoms with Crippen molar-refractivity contribution >= 4 is 34.2 Å². The van der Waals surface area contributed by atoms with Crippen molar-refractivity contribution in [2.24, 2.45) is 0 Å². The van der Waals surface area contributed by atoms with Crippen LogP contribution in [0.2, 0.25) is 0 Å². The van der Waals surface area contributed by atoms with Gasteiger partial charge in [-0.3, -0.25) is 9.59 Å². The molecule has 6 nitrogen and oxygen atoms in total. The zero-order valence-electron chi connectivity index (χ0n) is 22.3. The zero-order valence-corrected chi connectivity index (χ0v) is 24.4. The highest BCUT2D eigenvalue weighted by atomic mass is 127. The van der Waals surface area contributed by atoms with E-state index in [9.17, 15) is 9.59 Å². The van der Waals surface area contributed by atoms with Crippen LogP contribution >= 0.6 is 22.6 Å². The lowest BCUT2D eigenvalue weighted by molar-refractivity contribution is -0.117. The summed E-state index contributed by atoms with van der Waals surface area (Å²) in [7, 11) is 3.32. The highest BCUT2D eigenvalue weighted by molar-refractivity contribution is 14.1. The Morgan fingerprint density at radius 3 is 2.13 bits per heavy atom. The Balaban J connectivity index is 1.58. The number of methoxy groups -OCH3 is 2. The van der Waals surface area contributed by atoms with Crippen molar-refractivity contribution in [3.8, 4) is 11.5 Å². The van der Waals surface area contributed by atoms with Gasteiger partial charge in [0.25, 0.3) is 0 Å². The molecule has 0 fully saturated rings. The average Bonchev–Trinajstić information content (AvgIpc) is 2.91. The van der Waals surface area contributed by atoms with E-state index in [0.29, 0.717) is 44.1 Å². The Morgan fingerprint density at radius 2 is 1.55 bits per heavy atom. The number of benzene rings is 2. The number of hydrogen-bond acceptors (Lipinski definition) is 6. The topological polar surface area (TPSA) is 65.1 Å². The second-order valence-corrected chi connectivity index (χ2v) is 11.3. The van der Waals surface area contributed by atoms with E-state index < -0.39 is 0 Å². The molecule has 2 aromatic carbocycles. The predicted molar refractivity (Wildman–Crippen MR) is 154 cm³/mol. The van der Waals surface area contributed by atoms with Gasteiger partial charge in [-0.1, -0.05) is 29.8 Å². The number of allylic oxidation sites excluding steroid dienone is 4. The lowest BCUT2D eigenvalue weighted by Crippen LogP contribution is -2.40. The fourth-order valence-electron chi connectivity index (χ4n) is 5.89. The molecule has 0 saturated heterocycles. The van der Waals surface area contributed by atoms with Crippen LogP contribution in [0.4, 0.5) is 0 Å². The summed E-state index contributed by atoms with van der Waals surface area (Å²) in [5, 5.41) is 0. The number of carbonyl (C=O) groups is 2. The first-order valence-electron chi connectivity index (χ1n) is 13.3. The van der Waals surface area contributed by atoms with E-state index in [4.69, 9.17) is 14.2 Å². The van der Waals surface area contributed by atoms with Crippen LogP contribution in [0.25, 0.3) is 0 Å². The van der Waals surface area contributed by atoms with Gasteiger partial charge in [0.1, 0.15) is 6.61 Å². The summed E-state index contributed by atoms with van der Waals surface area (Å²) in [6.07, 6.45) is 4.34. The van der Waals surface area contributed by atoms with Crippen molar-refractivity contribution in [3.63, 3.8) is 0 Å². The second-order valence-electron chi connectivity index (χ2n) is 10.2. The van der Waals surface area contributed by atoms with Crippen molar-refractivity contribution in [3.05, 3.63) is 79.2 Å². The molecule has 2 aliphatic carbocycles. The smallest absolute Gasteiger partial charge is 0.174 e. The first-order valence-corrected chi connectivity index (χ1v) is 14.4. The Labute approximate surface area is 238 Å². The maximum Gasteiger partial charge on any atom is 0.174 e. The molecule has 0 saturated carbocycles. The molecular weight excluding hydrogens is 593 g/mol. The SMILES string of the molecule is COCCN1C2=C(C(=O)CCC2)C(c2cc(I)c(OCc3ccc(C)cc3)c(OC)c2)C2=C1CCCC2=O.